The summed E-state index contributed by atoms with van der Waals surface area (Å²) in [6.07, 6.45) is 7.31. The summed E-state index contributed by atoms with van der Waals surface area (Å²) in [5, 5.41) is 0. The molecular formula is C18H28N3. The van der Waals surface area contributed by atoms with Gasteiger partial charge in [0.1, 0.15) is 5.82 Å². The van der Waals surface area contributed by atoms with Crippen LogP contribution in [0.3, 0.4) is 0 Å². The van der Waals surface area contributed by atoms with E-state index in [1.807, 2.05) is 0 Å². The highest BCUT2D eigenvalue weighted by Crippen LogP contribution is 2.29. The number of likely N-dealkylation sites (tertiary alicyclic amines) is 1. The van der Waals surface area contributed by atoms with Gasteiger partial charge in [0.25, 0.3) is 0 Å². The van der Waals surface area contributed by atoms with E-state index in [1.165, 1.54) is 75.7 Å². The molecule has 3 nitrogen and oxygen atoms in total. The molecule has 0 N–H and O–H groups in total. The van der Waals surface area contributed by atoms with E-state index in [-0.39, 0.29) is 0 Å². The first-order valence-electron chi connectivity index (χ1n) is 8.44. The number of aromatic nitrogens is 1. The van der Waals surface area contributed by atoms with Crippen LogP contribution in [0, 0.1) is 5.92 Å². The summed E-state index contributed by atoms with van der Waals surface area (Å²) in [4.78, 5) is 9.70. The Morgan fingerprint density at radius 3 is 2.38 bits per heavy atom. The monoisotopic (exact) mass is 286 g/mol. The van der Waals surface area contributed by atoms with Crippen LogP contribution in [0.5, 0.6) is 0 Å². The molecular weight excluding hydrogens is 258 g/mol. The quantitative estimate of drug-likeness (QED) is 0.845. The van der Waals surface area contributed by atoms with Crippen LogP contribution in [0.25, 0.3) is 0 Å². The lowest BCUT2D eigenvalue weighted by molar-refractivity contribution is 0.220. The predicted octanol–water partition coefficient (Wildman–Crippen LogP) is 3.48. The molecule has 21 heavy (non-hydrogen) atoms. The first-order chi connectivity index (χ1) is 10.2. The summed E-state index contributed by atoms with van der Waals surface area (Å²) in [5.41, 5.74) is 1.44. The van der Waals surface area contributed by atoms with E-state index in [4.69, 9.17) is 4.98 Å². The molecule has 2 fully saturated rings. The minimum Gasteiger partial charge on any atom is -0.357 e. The van der Waals surface area contributed by atoms with Crippen molar-refractivity contribution in [3.05, 3.63) is 29.8 Å². The second-order valence-electron chi connectivity index (χ2n) is 6.90. The van der Waals surface area contributed by atoms with Gasteiger partial charge in [-0.1, -0.05) is 19.9 Å². The van der Waals surface area contributed by atoms with Crippen LogP contribution in [0.15, 0.2) is 18.3 Å². The first kappa shape index (κ1) is 14.8. The molecule has 2 saturated heterocycles. The molecule has 3 heteroatoms. The molecule has 0 spiro atoms. The lowest BCUT2D eigenvalue weighted by atomic mass is 9.90. The number of pyridine rings is 1. The number of piperidine rings is 1. The largest absolute Gasteiger partial charge is 0.357 e. The molecule has 1 radical (unpaired) electrons. The predicted molar refractivity (Wildman–Crippen MR) is 88.7 cm³/mol. The smallest absolute Gasteiger partial charge is 0.128 e. The minimum atomic E-state index is 0.707. The summed E-state index contributed by atoms with van der Waals surface area (Å²) in [6, 6.07) is 4.55. The van der Waals surface area contributed by atoms with E-state index in [2.05, 4.69) is 42.0 Å². The third kappa shape index (κ3) is 3.76. The molecule has 0 aliphatic carbocycles. The van der Waals surface area contributed by atoms with Crippen LogP contribution < -0.4 is 4.90 Å². The lowest BCUT2D eigenvalue weighted by Crippen LogP contribution is -2.35. The average Bonchev–Trinajstić information content (AvgIpc) is 3.02. The van der Waals surface area contributed by atoms with Crippen molar-refractivity contribution in [2.45, 2.75) is 45.4 Å². The fourth-order valence-electron chi connectivity index (χ4n) is 3.64. The number of hydrogen-bond acceptors (Lipinski definition) is 3. The number of anilines is 1. The zero-order valence-corrected chi connectivity index (χ0v) is 13.5. The fourth-order valence-corrected chi connectivity index (χ4v) is 3.64. The van der Waals surface area contributed by atoms with Crippen LogP contribution >= 0.6 is 0 Å². The van der Waals surface area contributed by atoms with Gasteiger partial charge in [0.05, 0.1) is 0 Å². The van der Waals surface area contributed by atoms with Crippen molar-refractivity contribution in [1.82, 2.24) is 9.88 Å². The van der Waals surface area contributed by atoms with Crippen LogP contribution in [-0.2, 0) is 0 Å². The standard InChI is InChI=1S/C18H28N3/c1-15(2)14-20-11-7-16(8-12-20)17-5-6-18(19-13-17)21-9-3-4-10-21/h5-6,13,16H,3-4,7-12,14H2,1-2H3. The topological polar surface area (TPSA) is 19.4 Å². The van der Waals surface area contributed by atoms with E-state index in [0.29, 0.717) is 5.92 Å². The molecule has 0 unspecified atom stereocenters. The molecule has 2 aliphatic heterocycles. The van der Waals surface area contributed by atoms with Crippen LogP contribution in [0.4, 0.5) is 5.82 Å². The zero-order chi connectivity index (χ0) is 14.7. The SMILES string of the molecule is C[C](C)CN1CCC(c2ccc(N3CCCC3)nc2)CC1. The Kier molecular flexibility index (Phi) is 4.79. The van der Waals surface area contributed by atoms with Gasteiger partial charge < -0.3 is 9.80 Å². The van der Waals surface area contributed by atoms with Crippen LogP contribution in [0.1, 0.15) is 51.0 Å². The van der Waals surface area contributed by atoms with Crippen LogP contribution in [-0.4, -0.2) is 42.6 Å². The van der Waals surface area contributed by atoms with Crippen molar-refractivity contribution in [2.75, 3.05) is 37.6 Å². The van der Waals surface area contributed by atoms with E-state index in [1.54, 1.807) is 0 Å². The van der Waals surface area contributed by atoms with Crippen molar-refractivity contribution in [1.29, 1.82) is 0 Å². The lowest BCUT2D eigenvalue weighted by Gasteiger charge is -2.33. The number of hydrogen-bond donors (Lipinski definition) is 0. The van der Waals surface area contributed by atoms with Crippen molar-refractivity contribution >= 4 is 5.82 Å². The molecule has 2 aliphatic rings. The Hall–Kier alpha value is -1.09. The maximum atomic E-state index is 4.71. The Morgan fingerprint density at radius 2 is 1.81 bits per heavy atom. The van der Waals surface area contributed by atoms with E-state index in [0.717, 1.165) is 0 Å². The van der Waals surface area contributed by atoms with Gasteiger partial charge in [-0.05, 0) is 62.2 Å². The highest BCUT2D eigenvalue weighted by Gasteiger charge is 2.21. The zero-order valence-electron chi connectivity index (χ0n) is 13.5. The highest BCUT2D eigenvalue weighted by molar-refractivity contribution is 5.40. The highest BCUT2D eigenvalue weighted by atomic mass is 15.2. The first-order valence-corrected chi connectivity index (χ1v) is 8.44. The normalized spacial score (nSPS) is 21.4. The fraction of sp³-hybridized carbons (Fsp3) is 0.667. The van der Waals surface area contributed by atoms with Crippen molar-refractivity contribution in [3.63, 3.8) is 0 Å². The maximum Gasteiger partial charge on any atom is 0.128 e. The van der Waals surface area contributed by atoms with Gasteiger partial charge in [0.2, 0.25) is 0 Å². The van der Waals surface area contributed by atoms with E-state index < -0.39 is 0 Å². The summed E-state index contributed by atoms with van der Waals surface area (Å²) < 4.78 is 0. The third-order valence-electron chi connectivity index (χ3n) is 4.80. The minimum absolute atomic E-state index is 0.707. The van der Waals surface area contributed by atoms with Crippen molar-refractivity contribution < 1.29 is 0 Å². The van der Waals surface area contributed by atoms with Gasteiger partial charge in [-0.15, -0.1) is 0 Å². The number of rotatable bonds is 4. The van der Waals surface area contributed by atoms with E-state index >= 15 is 0 Å². The molecule has 0 bridgehead atoms. The van der Waals surface area contributed by atoms with Gasteiger partial charge in [-0.2, -0.15) is 0 Å². The molecule has 1 aromatic rings. The molecule has 115 valence electrons. The van der Waals surface area contributed by atoms with E-state index in [9.17, 15) is 0 Å². The molecule has 0 aromatic carbocycles. The molecule has 3 heterocycles. The van der Waals surface area contributed by atoms with Gasteiger partial charge in [-0.25, -0.2) is 4.98 Å². The summed E-state index contributed by atoms with van der Waals surface area (Å²) in [6.45, 7) is 10.4. The summed E-state index contributed by atoms with van der Waals surface area (Å²) >= 11 is 0. The summed E-state index contributed by atoms with van der Waals surface area (Å²) in [7, 11) is 0. The molecule has 0 saturated carbocycles. The van der Waals surface area contributed by atoms with Gasteiger partial charge in [0.15, 0.2) is 0 Å². The second-order valence-corrected chi connectivity index (χ2v) is 6.90. The molecule has 0 amide bonds. The average molecular weight is 286 g/mol. The summed E-state index contributed by atoms with van der Waals surface area (Å²) in [5.74, 6) is 3.40. The third-order valence-corrected chi connectivity index (χ3v) is 4.80. The Labute approximate surface area is 129 Å². The van der Waals surface area contributed by atoms with Gasteiger partial charge in [0, 0.05) is 25.8 Å². The second kappa shape index (κ2) is 6.78. The molecule has 1 aromatic heterocycles. The Balaban J connectivity index is 1.55. The molecule has 0 atom stereocenters. The van der Waals surface area contributed by atoms with Crippen molar-refractivity contribution in [3.8, 4) is 0 Å². The Bertz CT molecular complexity index is 426. The van der Waals surface area contributed by atoms with Gasteiger partial charge in [-0.3, -0.25) is 0 Å². The maximum absolute atomic E-state index is 4.71. The van der Waals surface area contributed by atoms with Crippen LogP contribution in [0.2, 0.25) is 0 Å². The van der Waals surface area contributed by atoms with Gasteiger partial charge >= 0.3 is 0 Å². The number of nitrogens with zero attached hydrogens (tertiary/aromatic N) is 3. The van der Waals surface area contributed by atoms with Crippen molar-refractivity contribution in [2.24, 2.45) is 0 Å². The Morgan fingerprint density at radius 1 is 1.10 bits per heavy atom. The molecule has 3 rings (SSSR count).